The molecule has 3 aliphatic carbocycles. The fourth-order valence-corrected chi connectivity index (χ4v) is 10.1. The zero-order chi connectivity index (χ0) is 33.3. The SMILES string of the molecule is CC1=C2/C=C\Cc3cccc4c3c3c(c5ccccc54)-c4ccccc4C13c1cc(-c3c(C(=N)N)c4ccccc4c4ccccc34)ccc12. The van der Waals surface area contributed by atoms with Crippen molar-refractivity contribution in [3.63, 3.8) is 0 Å². The molecule has 3 N–H and O–H groups in total. The minimum atomic E-state index is -0.483. The van der Waals surface area contributed by atoms with Gasteiger partial charge in [-0.15, -0.1) is 0 Å². The van der Waals surface area contributed by atoms with Crippen LogP contribution in [0.25, 0.3) is 70.9 Å². The molecule has 1 atom stereocenters. The van der Waals surface area contributed by atoms with E-state index in [1.165, 1.54) is 77.0 Å². The molecule has 8 aromatic carbocycles. The molecule has 1 spiro atoms. The summed E-state index contributed by atoms with van der Waals surface area (Å²) < 4.78 is 0. The van der Waals surface area contributed by atoms with Crippen molar-refractivity contribution in [3.8, 4) is 22.3 Å². The molecule has 0 aromatic heterocycles. The lowest BCUT2D eigenvalue weighted by molar-refractivity contribution is 0.774. The number of amidine groups is 1. The summed E-state index contributed by atoms with van der Waals surface area (Å²) in [6.45, 7) is 2.37. The van der Waals surface area contributed by atoms with Gasteiger partial charge in [-0.2, -0.15) is 0 Å². The van der Waals surface area contributed by atoms with Crippen molar-refractivity contribution < 1.29 is 0 Å². The van der Waals surface area contributed by atoms with Gasteiger partial charge in [0.15, 0.2) is 0 Å². The second kappa shape index (κ2) is 9.68. The highest BCUT2D eigenvalue weighted by Gasteiger charge is 2.53. The summed E-state index contributed by atoms with van der Waals surface area (Å²) in [5.41, 5.74) is 21.0. The maximum absolute atomic E-state index is 8.94. The smallest absolute Gasteiger partial charge is 0.124 e. The fourth-order valence-electron chi connectivity index (χ4n) is 10.1. The predicted octanol–water partition coefficient (Wildman–Crippen LogP) is 11.5. The number of benzene rings is 8. The van der Waals surface area contributed by atoms with E-state index in [1.807, 2.05) is 0 Å². The molecule has 1 unspecified atom stereocenters. The first kappa shape index (κ1) is 27.7. The number of hydrogen-bond donors (Lipinski definition) is 2. The zero-order valence-corrected chi connectivity index (χ0v) is 27.6. The molecule has 0 radical (unpaired) electrons. The summed E-state index contributed by atoms with van der Waals surface area (Å²) in [5.74, 6) is 0.0863. The number of nitrogens with two attached hydrogens (primary N) is 1. The average Bonchev–Trinajstić information content (AvgIpc) is 3.61. The van der Waals surface area contributed by atoms with Crippen molar-refractivity contribution in [2.24, 2.45) is 5.73 Å². The molecular weight excluding hydrogens is 605 g/mol. The Balaban J connectivity index is 1.34. The lowest BCUT2D eigenvalue weighted by Gasteiger charge is -2.33. The van der Waals surface area contributed by atoms with E-state index < -0.39 is 5.41 Å². The van der Waals surface area contributed by atoms with Crippen molar-refractivity contribution in [1.82, 2.24) is 0 Å². The standard InChI is InChI=1S/C48H32N2/c1-27-30-21-10-12-28-13-11-22-36-33-16-4-6-18-37(33)44-39-20-8-9-23-40(39)48(27,46(44)43(28)36)41-26-29(24-25-34(30)41)42-35-17-5-2-14-31(35)32-15-3-7-19-38(32)45(42)47(49)50/h2-11,13-26H,12H2,1H3,(H3,49,50)/b21-10-. The third kappa shape index (κ3) is 3.22. The van der Waals surface area contributed by atoms with Crippen LogP contribution in [0.2, 0.25) is 0 Å². The van der Waals surface area contributed by atoms with E-state index >= 15 is 0 Å². The maximum atomic E-state index is 8.94. The number of allylic oxidation sites excluding steroid dienone is 4. The third-order valence-corrected chi connectivity index (χ3v) is 11.9. The summed E-state index contributed by atoms with van der Waals surface area (Å²) in [6.07, 6.45) is 5.62. The van der Waals surface area contributed by atoms with Crippen LogP contribution in [-0.4, -0.2) is 5.84 Å². The van der Waals surface area contributed by atoms with Crippen LogP contribution in [0.15, 0.2) is 151 Å². The van der Waals surface area contributed by atoms with Gasteiger partial charge in [-0.1, -0.05) is 140 Å². The van der Waals surface area contributed by atoms with Crippen LogP contribution in [0.4, 0.5) is 0 Å². The Kier molecular flexibility index (Phi) is 5.36. The summed E-state index contributed by atoms with van der Waals surface area (Å²) in [7, 11) is 0. The van der Waals surface area contributed by atoms with Gasteiger partial charge in [0.25, 0.3) is 0 Å². The first-order chi connectivity index (χ1) is 24.6. The summed E-state index contributed by atoms with van der Waals surface area (Å²) in [4.78, 5) is 0. The number of hydrogen-bond acceptors (Lipinski definition) is 1. The molecule has 2 heteroatoms. The van der Waals surface area contributed by atoms with E-state index in [9.17, 15) is 0 Å². The van der Waals surface area contributed by atoms with E-state index in [0.717, 1.165) is 39.3 Å². The van der Waals surface area contributed by atoms with E-state index in [4.69, 9.17) is 11.1 Å². The molecule has 0 heterocycles. The molecule has 50 heavy (non-hydrogen) atoms. The van der Waals surface area contributed by atoms with Crippen LogP contribution in [0.5, 0.6) is 0 Å². The van der Waals surface area contributed by atoms with Crippen molar-refractivity contribution in [2.45, 2.75) is 18.8 Å². The second-order valence-corrected chi connectivity index (χ2v) is 14.1. The molecule has 11 rings (SSSR count). The molecule has 0 fully saturated rings. The van der Waals surface area contributed by atoms with Crippen LogP contribution in [-0.2, 0) is 11.8 Å². The minimum Gasteiger partial charge on any atom is -0.384 e. The zero-order valence-electron chi connectivity index (χ0n) is 27.6. The Morgan fingerprint density at radius 1 is 0.600 bits per heavy atom. The molecule has 2 bridgehead atoms. The summed E-state index contributed by atoms with van der Waals surface area (Å²) >= 11 is 0. The number of rotatable bonds is 2. The minimum absolute atomic E-state index is 0.0863. The Morgan fingerprint density at radius 2 is 1.22 bits per heavy atom. The highest BCUT2D eigenvalue weighted by Crippen LogP contribution is 2.65. The van der Waals surface area contributed by atoms with E-state index in [-0.39, 0.29) is 5.84 Å². The van der Waals surface area contributed by atoms with Gasteiger partial charge in [0.2, 0.25) is 0 Å². The molecule has 0 amide bonds. The van der Waals surface area contributed by atoms with Crippen molar-refractivity contribution >= 4 is 54.5 Å². The lowest BCUT2D eigenvalue weighted by Crippen LogP contribution is -2.27. The lowest BCUT2D eigenvalue weighted by atomic mass is 9.67. The van der Waals surface area contributed by atoms with E-state index in [2.05, 4.69) is 153 Å². The van der Waals surface area contributed by atoms with E-state index in [1.54, 1.807) is 0 Å². The Bertz CT molecular complexity index is 2940. The van der Waals surface area contributed by atoms with Crippen LogP contribution in [0, 0.1) is 5.41 Å². The molecule has 3 aliphatic rings. The fraction of sp³-hybridized carbons (Fsp3) is 0.0625. The molecule has 2 nitrogen and oxygen atoms in total. The quantitative estimate of drug-likeness (QED) is 0.111. The van der Waals surface area contributed by atoms with Crippen LogP contribution in [0.1, 0.15) is 40.3 Å². The van der Waals surface area contributed by atoms with Gasteiger partial charge in [-0.05, 0) is 118 Å². The number of nitrogens with one attached hydrogen (secondary N) is 1. The first-order valence-electron chi connectivity index (χ1n) is 17.5. The van der Waals surface area contributed by atoms with Crippen molar-refractivity contribution in [2.75, 3.05) is 0 Å². The van der Waals surface area contributed by atoms with Gasteiger partial charge in [0.05, 0.1) is 5.41 Å². The van der Waals surface area contributed by atoms with Gasteiger partial charge in [-0.3, -0.25) is 5.41 Å². The van der Waals surface area contributed by atoms with Crippen LogP contribution < -0.4 is 5.73 Å². The van der Waals surface area contributed by atoms with Crippen LogP contribution in [0.3, 0.4) is 0 Å². The number of nitrogen functional groups attached to an aromatic ring is 1. The van der Waals surface area contributed by atoms with Crippen molar-refractivity contribution in [1.29, 1.82) is 5.41 Å². The Morgan fingerprint density at radius 3 is 1.98 bits per heavy atom. The van der Waals surface area contributed by atoms with E-state index in [0.29, 0.717) is 0 Å². The topological polar surface area (TPSA) is 49.9 Å². The molecule has 0 saturated carbocycles. The third-order valence-electron chi connectivity index (χ3n) is 11.9. The van der Waals surface area contributed by atoms with Gasteiger partial charge < -0.3 is 5.73 Å². The summed E-state index contributed by atoms with van der Waals surface area (Å²) in [6, 6.07) is 49.0. The summed E-state index contributed by atoms with van der Waals surface area (Å²) in [5, 5.41) is 18.7. The maximum Gasteiger partial charge on any atom is 0.124 e. The predicted molar refractivity (Wildman–Crippen MR) is 210 cm³/mol. The highest BCUT2D eigenvalue weighted by molar-refractivity contribution is 6.25. The van der Waals surface area contributed by atoms with Gasteiger partial charge in [-0.25, -0.2) is 0 Å². The second-order valence-electron chi connectivity index (χ2n) is 14.1. The molecule has 0 saturated heterocycles. The number of fused-ring (bicyclic) bond motifs is 10. The normalized spacial score (nSPS) is 17.5. The first-order valence-corrected chi connectivity index (χ1v) is 17.5. The highest BCUT2D eigenvalue weighted by atomic mass is 14.7. The largest absolute Gasteiger partial charge is 0.384 e. The van der Waals surface area contributed by atoms with Gasteiger partial charge in [0, 0.05) is 11.1 Å². The molecule has 8 aromatic rings. The van der Waals surface area contributed by atoms with Gasteiger partial charge in [0.1, 0.15) is 5.84 Å². The average molecular weight is 637 g/mol. The molecule has 0 aliphatic heterocycles. The van der Waals surface area contributed by atoms with Crippen LogP contribution >= 0.6 is 0 Å². The van der Waals surface area contributed by atoms with Crippen molar-refractivity contribution in [3.05, 3.63) is 185 Å². The van der Waals surface area contributed by atoms with Gasteiger partial charge >= 0.3 is 0 Å². The Hall–Kier alpha value is -6.25. The Labute approximate surface area is 290 Å². The molecule has 234 valence electrons. The monoisotopic (exact) mass is 636 g/mol. The molecular formula is C48H32N2.